The van der Waals surface area contributed by atoms with Crippen LogP contribution in [0.1, 0.15) is 57.4 Å². The van der Waals surface area contributed by atoms with Gasteiger partial charge in [-0.1, -0.05) is 18.2 Å². The number of nitrogens with one attached hydrogen (secondary N) is 2. The minimum absolute atomic E-state index is 0. The van der Waals surface area contributed by atoms with Crippen LogP contribution in [-0.2, 0) is 13.6 Å². The average molecular weight is 556 g/mol. The summed E-state index contributed by atoms with van der Waals surface area (Å²) >= 11 is 0. The Labute approximate surface area is 209 Å². The first-order valence-corrected chi connectivity index (χ1v) is 11.2. The summed E-state index contributed by atoms with van der Waals surface area (Å²) in [5, 5.41) is 15.5. The molecular weight excluding hydrogens is 517 g/mol. The largest absolute Gasteiger partial charge is 0.493 e. The lowest BCUT2D eigenvalue weighted by molar-refractivity contribution is 0.178. The molecule has 1 aromatic carbocycles. The summed E-state index contributed by atoms with van der Waals surface area (Å²) in [6.45, 7) is 13.8. The van der Waals surface area contributed by atoms with E-state index in [2.05, 4.69) is 65.6 Å². The molecule has 178 valence electrons. The molecule has 1 aromatic heterocycles. The molecule has 8 nitrogen and oxygen atoms in total. The van der Waals surface area contributed by atoms with E-state index in [9.17, 15) is 0 Å². The zero-order valence-electron chi connectivity index (χ0n) is 20.1. The second-order valence-corrected chi connectivity index (χ2v) is 8.61. The van der Waals surface area contributed by atoms with Crippen LogP contribution >= 0.6 is 24.0 Å². The molecule has 1 unspecified atom stereocenters. The molecule has 1 atom stereocenters. The van der Waals surface area contributed by atoms with Crippen LogP contribution in [0.2, 0.25) is 0 Å². The van der Waals surface area contributed by atoms with Gasteiger partial charge in [0.05, 0.1) is 12.6 Å². The number of guanidine groups is 1. The van der Waals surface area contributed by atoms with Crippen molar-refractivity contribution in [3.63, 3.8) is 0 Å². The Bertz CT molecular complexity index is 873. The van der Waals surface area contributed by atoms with Gasteiger partial charge >= 0.3 is 0 Å². The Morgan fingerprint density at radius 2 is 1.94 bits per heavy atom. The number of para-hydroxylation sites is 1. The highest BCUT2D eigenvalue weighted by Crippen LogP contribution is 2.31. The Hall–Kier alpha value is -1.88. The first-order chi connectivity index (χ1) is 14.9. The summed E-state index contributed by atoms with van der Waals surface area (Å²) in [6, 6.07) is 9.37. The standard InChI is InChI=1S/C23H37N7O.HI/c1-16(2)30(17(3)4)13-12-24-23(25-15-22-28-27-18(5)29(22)6)26-20-11-14-31-21-10-8-7-9-19(20)21;/h7-10,16-17,20H,11-15H2,1-6H3,(H2,24,25,26);1H. The van der Waals surface area contributed by atoms with Gasteiger partial charge in [-0.05, 0) is 40.7 Å². The third-order valence-corrected chi connectivity index (χ3v) is 5.82. The highest BCUT2D eigenvalue weighted by molar-refractivity contribution is 14.0. The average Bonchev–Trinajstić information content (AvgIpc) is 3.06. The Morgan fingerprint density at radius 3 is 2.59 bits per heavy atom. The van der Waals surface area contributed by atoms with Gasteiger partial charge in [-0.3, -0.25) is 4.90 Å². The Balaban J connectivity index is 0.00000363. The fourth-order valence-electron chi connectivity index (χ4n) is 3.96. The maximum atomic E-state index is 5.82. The van der Waals surface area contributed by atoms with Gasteiger partial charge in [0.2, 0.25) is 0 Å². The normalized spacial score (nSPS) is 16.0. The van der Waals surface area contributed by atoms with Crippen LogP contribution in [0.4, 0.5) is 0 Å². The first-order valence-electron chi connectivity index (χ1n) is 11.2. The molecule has 3 rings (SSSR count). The van der Waals surface area contributed by atoms with Crippen molar-refractivity contribution < 1.29 is 4.74 Å². The van der Waals surface area contributed by atoms with Crippen LogP contribution in [0.15, 0.2) is 29.3 Å². The van der Waals surface area contributed by atoms with Crippen molar-refractivity contribution in [3.05, 3.63) is 41.5 Å². The molecule has 9 heteroatoms. The number of aliphatic imine (C=N–C) groups is 1. The van der Waals surface area contributed by atoms with Crippen molar-refractivity contribution in [2.45, 2.75) is 65.7 Å². The topological polar surface area (TPSA) is 79.6 Å². The molecule has 1 aliphatic rings. The van der Waals surface area contributed by atoms with Gasteiger partial charge in [-0.2, -0.15) is 0 Å². The minimum atomic E-state index is 0. The van der Waals surface area contributed by atoms with Crippen LogP contribution in [0.5, 0.6) is 5.75 Å². The van der Waals surface area contributed by atoms with E-state index in [0.717, 1.165) is 42.9 Å². The zero-order chi connectivity index (χ0) is 22.4. The van der Waals surface area contributed by atoms with Crippen LogP contribution in [0.25, 0.3) is 0 Å². The summed E-state index contributed by atoms with van der Waals surface area (Å²) in [7, 11) is 1.97. The summed E-state index contributed by atoms with van der Waals surface area (Å²) in [4.78, 5) is 7.31. The highest BCUT2D eigenvalue weighted by atomic mass is 127. The van der Waals surface area contributed by atoms with Crippen LogP contribution in [-0.4, -0.2) is 57.4 Å². The number of ether oxygens (including phenoxy) is 1. The van der Waals surface area contributed by atoms with E-state index < -0.39 is 0 Å². The number of rotatable bonds is 8. The third kappa shape index (κ3) is 6.81. The van der Waals surface area contributed by atoms with Crippen LogP contribution in [0.3, 0.4) is 0 Å². The molecule has 2 aromatic rings. The van der Waals surface area contributed by atoms with Gasteiger partial charge in [0.1, 0.15) is 18.1 Å². The van der Waals surface area contributed by atoms with Gasteiger partial charge in [0, 0.05) is 44.2 Å². The quantitative estimate of drug-likeness (QED) is 0.295. The fourth-order valence-corrected chi connectivity index (χ4v) is 3.96. The molecule has 0 bridgehead atoms. The van der Waals surface area contributed by atoms with Gasteiger partial charge in [0.25, 0.3) is 0 Å². The van der Waals surface area contributed by atoms with E-state index in [-0.39, 0.29) is 30.0 Å². The van der Waals surface area contributed by atoms with Crippen molar-refractivity contribution >= 4 is 29.9 Å². The SMILES string of the molecule is Cc1nnc(CN=C(NCCN(C(C)C)C(C)C)NC2CCOc3ccccc32)n1C.I. The molecule has 0 saturated carbocycles. The van der Waals surface area contributed by atoms with Gasteiger partial charge in [-0.15, -0.1) is 34.2 Å². The number of halogens is 1. The molecule has 0 fully saturated rings. The number of fused-ring (bicyclic) bond motifs is 1. The van der Waals surface area contributed by atoms with E-state index in [1.54, 1.807) is 0 Å². The van der Waals surface area contributed by atoms with Crippen LogP contribution < -0.4 is 15.4 Å². The molecule has 0 spiro atoms. The number of aromatic nitrogens is 3. The maximum absolute atomic E-state index is 5.82. The van der Waals surface area contributed by atoms with Crippen LogP contribution in [0, 0.1) is 6.92 Å². The molecule has 1 aliphatic heterocycles. The molecule has 0 amide bonds. The van der Waals surface area contributed by atoms with Crippen molar-refractivity contribution in [2.24, 2.45) is 12.0 Å². The smallest absolute Gasteiger partial charge is 0.192 e. The maximum Gasteiger partial charge on any atom is 0.192 e. The predicted octanol–water partition coefficient (Wildman–Crippen LogP) is 3.42. The fraction of sp³-hybridized carbons (Fsp3) is 0.609. The molecule has 0 aliphatic carbocycles. The lowest BCUT2D eigenvalue weighted by Gasteiger charge is -2.31. The molecule has 2 heterocycles. The number of nitrogens with zero attached hydrogens (tertiary/aromatic N) is 5. The van der Waals surface area contributed by atoms with Crippen molar-refractivity contribution in [3.8, 4) is 5.75 Å². The lowest BCUT2D eigenvalue weighted by atomic mass is 10.0. The zero-order valence-corrected chi connectivity index (χ0v) is 22.5. The minimum Gasteiger partial charge on any atom is -0.493 e. The first kappa shape index (κ1) is 26.4. The molecule has 32 heavy (non-hydrogen) atoms. The van der Waals surface area contributed by atoms with E-state index in [0.29, 0.717) is 25.2 Å². The summed E-state index contributed by atoms with van der Waals surface area (Å²) < 4.78 is 7.80. The van der Waals surface area contributed by atoms with Gasteiger partial charge < -0.3 is 19.9 Å². The van der Waals surface area contributed by atoms with E-state index in [1.165, 1.54) is 5.56 Å². The summed E-state index contributed by atoms with van der Waals surface area (Å²) in [5.41, 5.74) is 1.17. The van der Waals surface area contributed by atoms with E-state index in [4.69, 9.17) is 9.73 Å². The Kier molecular flexibility index (Phi) is 10.2. The predicted molar refractivity (Wildman–Crippen MR) is 140 cm³/mol. The third-order valence-electron chi connectivity index (χ3n) is 5.82. The van der Waals surface area contributed by atoms with Gasteiger partial charge in [0.15, 0.2) is 11.8 Å². The van der Waals surface area contributed by atoms with E-state index >= 15 is 0 Å². The number of hydrogen-bond donors (Lipinski definition) is 2. The summed E-state index contributed by atoms with van der Waals surface area (Å²) in [5.74, 6) is 3.46. The molecule has 0 saturated heterocycles. The second kappa shape index (κ2) is 12.4. The molecule has 2 N–H and O–H groups in total. The number of aryl methyl sites for hydroxylation is 1. The van der Waals surface area contributed by atoms with Crippen molar-refractivity contribution in [2.75, 3.05) is 19.7 Å². The van der Waals surface area contributed by atoms with Crippen molar-refractivity contribution in [1.29, 1.82) is 0 Å². The van der Waals surface area contributed by atoms with Gasteiger partial charge in [-0.25, -0.2) is 4.99 Å². The number of benzene rings is 1. The lowest BCUT2D eigenvalue weighted by Crippen LogP contribution is -2.46. The van der Waals surface area contributed by atoms with Crippen molar-refractivity contribution in [1.82, 2.24) is 30.3 Å². The number of hydrogen-bond acceptors (Lipinski definition) is 5. The highest BCUT2D eigenvalue weighted by Gasteiger charge is 2.22. The Morgan fingerprint density at radius 1 is 1.22 bits per heavy atom. The second-order valence-electron chi connectivity index (χ2n) is 8.61. The monoisotopic (exact) mass is 555 g/mol. The molecule has 0 radical (unpaired) electrons. The molecular formula is C23H38IN7O. The summed E-state index contributed by atoms with van der Waals surface area (Å²) in [6.07, 6.45) is 0.894. The van der Waals surface area contributed by atoms with E-state index in [1.807, 2.05) is 30.7 Å².